The van der Waals surface area contributed by atoms with Gasteiger partial charge in [0.1, 0.15) is 0 Å². The highest BCUT2D eigenvalue weighted by atomic mass is 35.5. The average Bonchev–Trinajstić information content (AvgIpc) is 2.63. The average molecular weight is 396 g/mol. The number of amides is 1. The van der Waals surface area contributed by atoms with Gasteiger partial charge in [0.05, 0.1) is 16.1 Å². The number of nitrogens with one attached hydrogen (secondary N) is 3. The number of halogens is 1. The zero-order chi connectivity index (χ0) is 19.0. The van der Waals surface area contributed by atoms with Gasteiger partial charge >= 0.3 is 0 Å². The largest absolute Gasteiger partial charge is 0.351 e. The Morgan fingerprint density at radius 3 is 2.46 bits per heavy atom. The predicted octanol–water partition coefficient (Wildman–Crippen LogP) is 2.87. The number of carbonyl (C=O) groups is 1. The smallest absolute Gasteiger partial charge is 0.261 e. The van der Waals surface area contributed by atoms with Gasteiger partial charge in [-0.2, -0.15) is 0 Å². The lowest BCUT2D eigenvalue weighted by Crippen LogP contribution is -2.32. The number of anilines is 1. The summed E-state index contributed by atoms with van der Waals surface area (Å²) in [4.78, 5) is 12.6. The minimum absolute atomic E-state index is 0.116. The maximum atomic E-state index is 12.5. The van der Waals surface area contributed by atoms with E-state index in [1.54, 1.807) is 18.2 Å². The molecule has 0 fully saturated rings. The molecule has 0 unspecified atom stereocenters. The van der Waals surface area contributed by atoms with Gasteiger partial charge in [0, 0.05) is 18.1 Å². The topological polar surface area (TPSA) is 87.3 Å². The van der Waals surface area contributed by atoms with Crippen LogP contribution >= 0.6 is 11.6 Å². The van der Waals surface area contributed by atoms with E-state index in [9.17, 15) is 13.2 Å². The number of hydrogen-bond acceptors (Lipinski definition) is 4. The molecule has 0 aliphatic carbocycles. The number of sulfonamides is 1. The monoisotopic (exact) mass is 395 g/mol. The Bertz CT molecular complexity index is 842. The van der Waals surface area contributed by atoms with Crippen LogP contribution in [-0.4, -0.2) is 34.0 Å². The Morgan fingerprint density at radius 2 is 1.77 bits per heavy atom. The van der Waals surface area contributed by atoms with Crippen LogP contribution in [0.1, 0.15) is 23.7 Å². The molecule has 0 bridgehead atoms. The van der Waals surface area contributed by atoms with Crippen LogP contribution in [0, 0.1) is 0 Å². The van der Waals surface area contributed by atoms with Gasteiger partial charge < -0.3 is 10.6 Å². The molecule has 2 rings (SSSR count). The van der Waals surface area contributed by atoms with E-state index in [-0.39, 0.29) is 16.1 Å². The molecule has 3 N–H and O–H groups in total. The molecule has 0 radical (unpaired) electrons. The molecular weight excluding hydrogens is 374 g/mol. The van der Waals surface area contributed by atoms with Gasteiger partial charge in [-0.15, -0.1) is 0 Å². The first kappa shape index (κ1) is 20.2. The van der Waals surface area contributed by atoms with Crippen molar-refractivity contribution in [3.8, 4) is 0 Å². The molecule has 8 heteroatoms. The lowest BCUT2D eigenvalue weighted by molar-refractivity contribution is 0.0955. The molecule has 26 heavy (non-hydrogen) atoms. The molecule has 2 aromatic rings. The van der Waals surface area contributed by atoms with E-state index in [1.165, 1.54) is 30.3 Å². The fourth-order valence-corrected chi connectivity index (χ4v) is 3.53. The SMILES string of the molecule is CCCNCCNC(=O)c1cc(Cl)ccc1NS(=O)(=O)c1ccccc1. The molecule has 0 spiro atoms. The summed E-state index contributed by atoms with van der Waals surface area (Å²) in [6.07, 6.45) is 1.01. The number of carbonyl (C=O) groups excluding carboxylic acids is 1. The van der Waals surface area contributed by atoms with Crippen LogP contribution in [0.3, 0.4) is 0 Å². The second kappa shape index (κ2) is 9.56. The van der Waals surface area contributed by atoms with Crippen molar-refractivity contribution in [2.75, 3.05) is 24.4 Å². The van der Waals surface area contributed by atoms with E-state index >= 15 is 0 Å². The molecule has 140 valence electrons. The van der Waals surface area contributed by atoms with E-state index in [0.717, 1.165) is 13.0 Å². The molecule has 0 atom stereocenters. The third-order valence-electron chi connectivity index (χ3n) is 3.54. The summed E-state index contributed by atoms with van der Waals surface area (Å²) in [5.41, 5.74) is 0.352. The van der Waals surface area contributed by atoms with Crippen molar-refractivity contribution in [1.82, 2.24) is 10.6 Å². The van der Waals surface area contributed by atoms with Crippen LogP contribution < -0.4 is 15.4 Å². The molecule has 6 nitrogen and oxygen atoms in total. The highest BCUT2D eigenvalue weighted by Crippen LogP contribution is 2.23. The van der Waals surface area contributed by atoms with Gasteiger partial charge in [0.15, 0.2) is 0 Å². The molecule has 0 saturated carbocycles. The van der Waals surface area contributed by atoms with Crippen LogP contribution in [0.25, 0.3) is 0 Å². The predicted molar refractivity (Wildman–Crippen MR) is 104 cm³/mol. The van der Waals surface area contributed by atoms with Gasteiger partial charge in [0.2, 0.25) is 0 Å². The first-order chi connectivity index (χ1) is 12.4. The Morgan fingerprint density at radius 1 is 1.04 bits per heavy atom. The standard InChI is InChI=1S/C18H22ClN3O3S/c1-2-10-20-11-12-21-18(23)16-13-14(19)8-9-17(16)22-26(24,25)15-6-4-3-5-7-15/h3-9,13,20,22H,2,10-12H2,1H3,(H,21,23). The zero-order valence-corrected chi connectivity index (χ0v) is 16.0. The first-order valence-corrected chi connectivity index (χ1v) is 10.2. The van der Waals surface area contributed by atoms with Crippen molar-refractivity contribution in [2.45, 2.75) is 18.2 Å². The van der Waals surface area contributed by atoms with Crippen LogP contribution in [-0.2, 0) is 10.0 Å². The van der Waals surface area contributed by atoms with Gasteiger partial charge in [-0.3, -0.25) is 9.52 Å². The molecule has 0 aliphatic rings. The van der Waals surface area contributed by atoms with E-state index in [1.807, 2.05) is 0 Å². The highest BCUT2D eigenvalue weighted by Gasteiger charge is 2.18. The van der Waals surface area contributed by atoms with Gasteiger partial charge in [0.25, 0.3) is 15.9 Å². The van der Waals surface area contributed by atoms with Gasteiger partial charge in [-0.05, 0) is 43.3 Å². The number of hydrogen-bond donors (Lipinski definition) is 3. The van der Waals surface area contributed by atoms with Crippen molar-refractivity contribution in [3.05, 3.63) is 59.1 Å². The molecule has 0 aliphatic heterocycles. The molecule has 0 heterocycles. The minimum Gasteiger partial charge on any atom is -0.351 e. The summed E-state index contributed by atoms with van der Waals surface area (Å²) < 4.78 is 27.5. The van der Waals surface area contributed by atoms with Crippen molar-refractivity contribution in [2.24, 2.45) is 0 Å². The quantitative estimate of drug-likeness (QED) is 0.570. The van der Waals surface area contributed by atoms with E-state index < -0.39 is 15.9 Å². The zero-order valence-electron chi connectivity index (χ0n) is 14.5. The number of rotatable bonds is 9. The fraction of sp³-hybridized carbons (Fsp3) is 0.278. The van der Waals surface area contributed by atoms with E-state index in [2.05, 4.69) is 22.3 Å². The summed E-state index contributed by atoms with van der Waals surface area (Å²) in [6, 6.07) is 12.4. The second-order valence-electron chi connectivity index (χ2n) is 5.61. The molecule has 2 aromatic carbocycles. The van der Waals surface area contributed by atoms with Crippen molar-refractivity contribution in [3.63, 3.8) is 0 Å². The highest BCUT2D eigenvalue weighted by molar-refractivity contribution is 7.92. The second-order valence-corrected chi connectivity index (χ2v) is 7.73. The fourth-order valence-electron chi connectivity index (χ4n) is 2.26. The Balaban J connectivity index is 2.16. The maximum Gasteiger partial charge on any atom is 0.261 e. The molecule has 0 saturated heterocycles. The van der Waals surface area contributed by atoms with Crippen molar-refractivity contribution in [1.29, 1.82) is 0 Å². The molecule has 1 amide bonds. The summed E-state index contributed by atoms with van der Waals surface area (Å²) >= 11 is 5.98. The molecular formula is C18H22ClN3O3S. The minimum atomic E-state index is -3.80. The lowest BCUT2D eigenvalue weighted by atomic mass is 10.1. The Labute approximate surface area is 159 Å². The third kappa shape index (κ3) is 5.72. The summed E-state index contributed by atoms with van der Waals surface area (Å²) in [5.74, 6) is -0.392. The van der Waals surface area contributed by atoms with Gasteiger partial charge in [-0.1, -0.05) is 36.7 Å². The lowest BCUT2D eigenvalue weighted by Gasteiger charge is -2.13. The summed E-state index contributed by atoms with van der Waals surface area (Å²) in [5, 5.41) is 6.28. The van der Waals surface area contributed by atoms with Crippen LogP contribution in [0.15, 0.2) is 53.4 Å². The first-order valence-electron chi connectivity index (χ1n) is 8.30. The van der Waals surface area contributed by atoms with E-state index in [4.69, 9.17) is 11.6 Å². The Kier molecular flexibility index (Phi) is 7.44. The van der Waals surface area contributed by atoms with Crippen LogP contribution in [0.5, 0.6) is 0 Å². The maximum absolute atomic E-state index is 12.5. The van der Waals surface area contributed by atoms with Crippen LogP contribution in [0.2, 0.25) is 5.02 Å². The summed E-state index contributed by atoms with van der Waals surface area (Å²) in [7, 11) is -3.80. The van der Waals surface area contributed by atoms with Crippen molar-refractivity contribution >= 4 is 33.2 Å². The van der Waals surface area contributed by atoms with E-state index in [0.29, 0.717) is 18.1 Å². The van der Waals surface area contributed by atoms with Crippen LogP contribution in [0.4, 0.5) is 5.69 Å². The summed E-state index contributed by atoms with van der Waals surface area (Å²) in [6.45, 7) is 3.99. The van der Waals surface area contributed by atoms with Crippen molar-refractivity contribution < 1.29 is 13.2 Å². The number of benzene rings is 2. The molecule has 0 aromatic heterocycles. The third-order valence-corrected chi connectivity index (χ3v) is 5.15. The van der Waals surface area contributed by atoms with Gasteiger partial charge in [-0.25, -0.2) is 8.42 Å². The Hall–Kier alpha value is -2.09. The normalized spacial score (nSPS) is 11.2.